The summed E-state index contributed by atoms with van der Waals surface area (Å²) in [6.07, 6.45) is 9.43. The number of nitrogens with one attached hydrogen (secondary N) is 3. The minimum Gasteiger partial charge on any atom is -0.351 e. The van der Waals surface area contributed by atoms with E-state index in [1.54, 1.807) is 30.9 Å². The van der Waals surface area contributed by atoms with Gasteiger partial charge in [0.2, 0.25) is 65.0 Å². The van der Waals surface area contributed by atoms with Crippen molar-refractivity contribution in [1.82, 2.24) is 60.0 Å². The number of likely N-dealkylation sites (N-methyl/N-ethyl adjacent to an activating group) is 6. The van der Waals surface area contributed by atoms with Crippen LogP contribution in [0.3, 0.4) is 0 Å². The van der Waals surface area contributed by atoms with Gasteiger partial charge in [-0.05, 0) is 151 Å². The summed E-state index contributed by atoms with van der Waals surface area (Å²) in [6.45, 7) is 3.99. The fourth-order valence-corrected chi connectivity index (χ4v) is 18.1. The monoisotopic (exact) mass is 1450 g/mol. The number of carbonyl (C=O) groups excluding carboxylic acids is 11. The topological polar surface area (TPSA) is 266 Å². The van der Waals surface area contributed by atoms with Gasteiger partial charge in [-0.15, -0.1) is 0 Å². The smallest absolute Gasteiger partial charge is 0.351 e. The Morgan fingerprint density at radius 1 is 0.657 bits per heavy atom. The van der Waals surface area contributed by atoms with E-state index >= 15 is 33.6 Å². The first-order valence-electron chi connectivity index (χ1n) is 37.7. The molecule has 10 atom stereocenters. The average Bonchev–Trinajstić information content (AvgIpc) is 1.60. The van der Waals surface area contributed by atoms with E-state index in [4.69, 9.17) is 16.3 Å². The van der Waals surface area contributed by atoms with Crippen molar-refractivity contribution in [3.8, 4) is 0 Å². The Kier molecular flexibility index (Phi) is 25.4. The second kappa shape index (κ2) is 33.2. The number of benzene rings is 1. The van der Waals surface area contributed by atoms with Crippen LogP contribution in [-0.4, -0.2) is 257 Å². The van der Waals surface area contributed by atoms with Crippen LogP contribution < -0.4 is 16.0 Å². The van der Waals surface area contributed by atoms with Gasteiger partial charge >= 0.3 is 6.18 Å². The van der Waals surface area contributed by atoms with Crippen LogP contribution in [0, 0.1) is 23.7 Å². The molecule has 24 nitrogen and oxygen atoms in total. The molecule has 2 spiro atoms. The molecule has 5 heterocycles. The number of piperidine rings is 2. The van der Waals surface area contributed by atoms with Crippen molar-refractivity contribution in [2.24, 2.45) is 23.7 Å². The van der Waals surface area contributed by atoms with Crippen molar-refractivity contribution in [1.29, 1.82) is 0 Å². The van der Waals surface area contributed by atoms with E-state index in [2.05, 4.69) is 16.0 Å². The summed E-state index contributed by atoms with van der Waals surface area (Å²) in [6, 6.07) is -5.07. The van der Waals surface area contributed by atoms with Crippen molar-refractivity contribution in [3.63, 3.8) is 0 Å². The molecule has 3 unspecified atom stereocenters. The van der Waals surface area contributed by atoms with Crippen molar-refractivity contribution in [3.05, 3.63) is 34.3 Å². The molecule has 4 aliphatic carbocycles. The molecule has 11 amide bonds. The number of hydrogen-bond donors (Lipinski definition) is 3. The first kappa shape index (κ1) is 78.0. The summed E-state index contributed by atoms with van der Waals surface area (Å²) in [5.41, 5.74) is -3.41. The Labute approximate surface area is 603 Å². The zero-order valence-corrected chi connectivity index (χ0v) is 61.9. The van der Waals surface area contributed by atoms with Gasteiger partial charge in [-0.2, -0.15) is 13.2 Å². The molecule has 0 radical (unpaired) electrons. The minimum atomic E-state index is -4.74. The highest BCUT2D eigenvalue weighted by molar-refractivity contribution is 6.31. The summed E-state index contributed by atoms with van der Waals surface area (Å²) >= 11 is 6.20. The molecular weight excluding hydrogens is 1340 g/mol. The highest BCUT2D eigenvalue weighted by atomic mass is 35.5. The van der Waals surface area contributed by atoms with E-state index in [9.17, 15) is 32.3 Å². The Morgan fingerprint density at radius 2 is 1.31 bits per heavy atom. The number of alkyl halides is 3. The number of hydrogen-bond acceptors (Lipinski definition) is 13. The number of fused-ring (bicyclic) bond motifs is 5. The quantitative estimate of drug-likeness (QED) is 0.235. The molecule has 28 heteroatoms. The number of rotatable bonds is 9. The zero-order valence-electron chi connectivity index (χ0n) is 61.1. The van der Waals surface area contributed by atoms with Crippen molar-refractivity contribution in [2.75, 3.05) is 88.2 Å². The van der Waals surface area contributed by atoms with Crippen LogP contribution in [0.15, 0.2) is 18.2 Å². The lowest BCUT2D eigenvalue weighted by molar-refractivity contribution is -0.157. The second-order valence-corrected chi connectivity index (χ2v) is 32.0. The molecule has 9 fully saturated rings. The van der Waals surface area contributed by atoms with Gasteiger partial charge in [-0.25, -0.2) is 0 Å². The standard InChI is InChI=1S/C74H110ClF3N12O12/c1-46(2)37-57-64(94)80-54-40-50-28-31-55(50)90(67(54)97)43-62(93)83(4)44-73(45-102-73)87(8)59(39-47-21-12-9-13-22-47)68(98)82(3)42-60(91)79-53(30-27-48-26-29-51(52(75)38-48)74(76,77)78)66(96)89-36-20-25-56(89)65(95)81-72(32-16-17-33-72)71(101)86(7)63(49-23-14-10-15-24-49)70(100)85(6)58(41-61(92)84(57)5)69(99)88-34-18-11-19-35-88/h26,29,38,46-47,49-50,53-59,63H,9-25,27-28,30-37,39-45H2,1-8H3,(H,79,91)(H,80,94)(H,81,95)/t50?,53-,54-,55?,56-,57-,58-,59-,63-,73?/m0/s1. The largest absolute Gasteiger partial charge is 0.417 e. The van der Waals surface area contributed by atoms with E-state index in [1.165, 1.54) is 56.6 Å². The summed E-state index contributed by atoms with van der Waals surface area (Å²) in [4.78, 5) is 180. The van der Waals surface area contributed by atoms with E-state index in [1.807, 2.05) is 18.7 Å². The van der Waals surface area contributed by atoms with Gasteiger partial charge in [0, 0.05) is 60.9 Å². The van der Waals surface area contributed by atoms with Gasteiger partial charge in [0.15, 0.2) is 5.72 Å². The Balaban J connectivity index is 0.998. The van der Waals surface area contributed by atoms with Crippen molar-refractivity contribution < 1.29 is 70.6 Å². The SMILES string of the molecule is CC(C)C[C@H]1C(=O)N[C@H]2CC3CCC3N(CC(=O)N(C)CC3(CO3)N(C)[C@@H](CC3CCCCC3)C(=O)N(C)CC(=O)N[C@@H](CCc3ccc(C(F)(F)F)c(Cl)c3)C(=O)N3CCC[C@H]3C(=O)NC3(CCCC3)C(=O)N(C)[C@@H](C3CCCCC3)C(=O)N(C)[C@H](C(=O)N3CCCCC3)CC(=O)N1C)C2=O. The lowest BCUT2D eigenvalue weighted by Gasteiger charge is -2.50. The molecular formula is C74H110ClF3N12O12. The second-order valence-electron chi connectivity index (χ2n) is 31.6. The Bertz CT molecular complexity index is 3260. The lowest BCUT2D eigenvalue weighted by atomic mass is 9.71. The highest BCUT2D eigenvalue weighted by Crippen LogP contribution is 2.43. The molecule has 1 aromatic rings. The molecule has 102 heavy (non-hydrogen) atoms. The number of epoxide rings is 1. The number of amides is 11. The third kappa shape index (κ3) is 17.7. The number of ether oxygens (including phenoxy) is 1. The number of nitrogens with zero attached hydrogens (tertiary/aromatic N) is 9. The van der Waals surface area contributed by atoms with Gasteiger partial charge in [-0.1, -0.05) is 95.7 Å². The Hall–Kier alpha value is -6.61. The maximum atomic E-state index is 15.8. The number of likely N-dealkylation sites (tertiary alicyclic amines) is 1. The van der Waals surface area contributed by atoms with Crippen molar-refractivity contribution in [2.45, 2.75) is 253 Å². The number of aryl methyl sites for hydroxylation is 1. The molecule has 1 aromatic carbocycles. The van der Waals surface area contributed by atoms with Crippen LogP contribution in [0.4, 0.5) is 13.2 Å². The number of carbonyl (C=O) groups is 11. The molecule has 2 bridgehead atoms. The third-order valence-electron chi connectivity index (χ3n) is 24.2. The van der Waals surface area contributed by atoms with E-state index < -0.39 is 148 Å². The molecule has 5 aliphatic heterocycles. The summed E-state index contributed by atoms with van der Waals surface area (Å²) in [7, 11) is 9.37. The molecule has 10 rings (SSSR count). The van der Waals surface area contributed by atoms with Crippen LogP contribution >= 0.6 is 11.6 Å². The highest BCUT2D eigenvalue weighted by Gasteiger charge is 2.56. The molecule has 3 N–H and O–H groups in total. The van der Waals surface area contributed by atoms with Gasteiger partial charge in [0.05, 0.1) is 42.7 Å². The van der Waals surface area contributed by atoms with E-state index in [0.29, 0.717) is 82.9 Å². The predicted molar refractivity (Wildman–Crippen MR) is 373 cm³/mol. The maximum Gasteiger partial charge on any atom is 0.417 e. The summed E-state index contributed by atoms with van der Waals surface area (Å²) in [5, 5.41) is 8.41. The van der Waals surface area contributed by atoms with Crippen LogP contribution in [0.5, 0.6) is 0 Å². The van der Waals surface area contributed by atoms with Crippen LogP contribution in [0.25, 0.3) is 0 Å². The van der Waals surface area contributed by atoms with Crippen LogP contribution in [0.1, 0.15) is 192 Å². The average molecular weight is 1450 g/mol. The van der Waals surface area contributed by atoms with Gasteiger partial charge in [0.25, 0.3) is 0 Å². The van der Waals surface area contributed by atoms with Crippen LogP contribution in [-0.2, 0) is 70.1 Å². The summed E-state index contributed by atoms with van der Waals surface area (Å²) in [5.74, 6) is -6.46. The van der Waals surface area contributed by atoms with Gasteiger partial charge in [0.1, 0.15) is 48.3 Å². The maximum absolute atomic E-state index is 15.8. The molecule has 5 saturated heterocycles. The molecule has 0 aromatic heterocycles. The Morgan fingerprint density at radius 3 is 1.93 bits per heavy atom. The van der Waals surface area contributed by atoms with E-state index in [-0.39, 0.29) is 94.5 Å². The predicted octanol–water partition coefficient (Wildman–Crippen LogP) is 6.13. The fraction of sp³-hybridized carbons (Fsp3) is 0.770. The molecule has 566 valence electrons. The zero-order chi connectivity index (χ0) is 73.7. The summed E-state index contributed by atoms with van der Waals surface area (Å²) < 4.78 is 48.0. The minimum absolute atomic E-state index is 0.00183. The normalized spacial score (nSPS) is 30.8. The first-order chi connectivity index (χ1) is 48.4. The third-order valence-corrected chi connectivity index (χ3v) is 24.5. The lowest BCUT2D eigenvalue weighted by Crippen LogP contribution is -2.66. The fourth-order valence-electron chi connectivity index (χ4n) is 17.8. The molecule has 4 saturated carbocycles. The van der Waals surface area contributed by atoms with Crippen molar-refractivity contribution >= 4 is 76.6 Å². The van der Waals surface area contributed by atoms with Gasteiger partial charge in [-0.3, -0.25) is 57.6 Å². The van der Waals surface area contributed by atoms with Gasteiger partial charge < -0.3 is 59.9 Å². The number of halogens is 4. The van der Waals surface area contributed by atoms with E-state index in [0.717, 1.165) is 76.3 Å². The van der Waals surface area contributed by atoms with Crippen LogP contribution in [0.2, 0.25) is 5.02 Å². The first-order valence-corrected chi connectivity index (χ1v) is 38.1. The molecule has 9 aliphatic rings.